The number of allylic oxidation sites excluding steroid dienone is 2. The molecule has 0 bridgehead atoms. The molecule has 1 aliphatic carbocycles. The SMILES string of the molecule is C/C=C(\C)c1ccc(F)cc1F.C=C(C)C(=O)NC1(CC(=O)NC(C)(C)c2cccc(Cl)c2)CN(C2CCC(C)CC2)C1. The second kappa shape index (κ2) is 14.6. The van der Waals surface area contributed by atoms with Crippen molar-refractivity contribution in [1.29, 1.82) is 0 Å². The fraction of sp³-hybridized carbons (Fsp3) is 0.486. The van der Waals surface area contributed by atoms with E-state index in [1.54, 1.807) is 19.9 Å². The van der Waals surface area contributed by atoms with Gasteiger partial charge in [0.2, 0.25) is 11.8 Å². The number of halogens is 3. The zero-order valence-electron chi connectivity index (χ0n) is 26.3. The maximum atomic E-state index is 13.1. The number of rotatable bonds is 8. The van der Waals surface area contributed by atoms with Crippen molar-refractivity contribution in [3.05, 3.63) is 88.5 Å². The summed E-state index contributed by atoms with van der Waals surface area (Å²) in [6.07, 6.45) is 6.92. The number of hydrogen-bond acceptors (Lipinski definition) is 3. The first-order valence-corrected chi connectivity index (χ1v) is 15.4. The van der Waals surface area contributed by atoms with Gasteiger partial charge in [-0.2, -0.15) is 0 Å². The third-order valence-electron chi connectivity index (χ3n) is 8.57. The van der Waals surface area contributed by atoms with E-state index in [2.05, 4.69) is 29.0 Å². The predicted octanol–water partition coefficient (Wildman–Crippen LogP) is 7.79. The molecule has 1 heterocycles. The van der Waals surface area contributed by atoms with Gasteiger partial charge in [0.15, 0.2) is 0 Å². The van der Waals surface area contributed by atoms with Crippen LogP contribution in [0.3, 0.4) is 0 Å². The normalized spacial score (nSPS) is 20.3. The molecule has 2 aromatic carbocycles. The summed E-state index contributed by atoms with van der Waals surface area (Å²) in [6, 6.07) is 11.7. The second-order valence-electron chi connectivity index (χ2n) is 12.8. The average Bonchev–Trinajstić information content (AvgIpc) is 2.91. The van der Waals surface area contributed by atoms with Crippen LogP contribution >= 0.6 is 11.6 Å². The number of carbonyl (C=O) groups is 2. The lowest BCUT2D eigenvalue weighted by Gasteiger charge is -2.54. The molecule has 4 rings (SSSR count). The van der Waals surface area contributed by atoms with Crippen molar-refractivity contribution in [2.24, 2.45) is 5.92 Å². The summed E-state index contributed by atoms with van der Waals surface area (Å²) >= 11 is 6.14. The van der Waals surface area contributed by atoms with Crippen molar-refractivity contribution in [3.8, 4) is 0 Å². The Balaban J connectivity index is 0.000000353. The van der Waals surface area contributed by atoms with Crippen LogP contribution in [0, 0.1) is 17.6 Å². The molecule has 0 spiro atoms. The van der Waals surface area contributed by atoms with Crippen LogP contribution in [-0.4, -0.2) is 41.4 Å². The number of nitrogens with zero attached hydrogens (tertiary/aromatic N) is 1. The van der Waals surface area contributed by atoms with Crippen LogP contribution in [0.5, 0.6) is 0 Å². The Morgan fingerprint density at radius 1 is 1.09 bits per heavy atom. The summed E-state index contributed by atoms with van der Waals surface area (Å²) in [5, 5.41) is 6.89. The lowest BCUT2D eigenvalue weighted by Crippen LogP contribution is -2.73. The van der Waals surface area contributed by atoms with Gasteiger partial charge in [-0.05, 0) is 102 Å². The Labute approximate surface area is 260 Å². The van der Waals surface area contributed by atoms with Gasteiger partial charge in [0.25, 0.3) is 0 Å². The van der Waals surface area contributed by atoms with Crippen molar-refractivity contribution in [2.75, 3.05) is 13.1 Å². The number of likely N-dealkylation sites (tertiary alicyclic amines) is 1. The lowest BCUT2D eigenvalue weighted by atomic mass is 9.79. The van der Waals surface area contributed by atoms with E-state index in [1.165, 1.54) is 37.8 Å². The van der Waals surface area contributed by atoms with Crippen molar-refractivity contribution in [2.45, 2.75) is 90.8 Å². The molecule has 0 aromatic heterocycles. The fourth-order valence-corrected chi connectivity index (χ4v) is 5.98. The largest absolute Gasteiger partial charge is 0.347 e. The van der Waals surface area contributed by atoms with Gasteiger partial charge in [0.1, 0.15) is 11.6 Å². The molecule has 1 saturated heterocycles. The van der Waals surface area contributed by atoms with Crippen LogP contribution < -0.4 is 10.6 Å². The molecule has 234 valence electrons. The minimum absolute atomic E-state index is 0.0797. The molecule has 8 heteroatoms. The molecule has 43 heavy (non-hydrogen) atoms. The molecule has 0 radical (unpaired) electrons. The smallest absolute Gasteiger partial charge is 0.246 e. The first kappa shape index (κ1) is 34.5. The highest BCUT2D eigenvalue weighted by Gasteiger charge is 2.48. The van der Waals surface area contributed by atoms with E-state index in [9.17, 15) is 18.4 Å². The average molecular weight is 614 g/mol. The second-order valence-corrected chi connectivity index (χ2v) is 13.2. The topological polar surface area (TPSA) is 61.4 Å². The predicted molar refractivity (Wildman–Crippen MR) is 172 cm³/mol. The third-order valence-corrected chi connectivity index (χ3v) is 8.80. The van der Waals surface area contributed by atoms with Crippen LogP contribution in [-0.2, 0) is 15.1 Å². The Hall–Kier alpha value is -3.03. The van der Waals surface area contributed by atoms with E-state index in [4.69, 9.17) is 11.6 Å². The van der Waals surface area contributed by atoms with E-state index in [0.717, 1.165) is 23.1 Å². The van der Waals surface area contributed by atoms with Gasteiger partial charge in [-0.1, -0.05) is 43.3 Å². The van der Waals surface area contributed by atoms with Crippen LogP contribution in [0.4, 0.5) is 8.78 Å². The Kier molecular flexibility index (Phi) is 11.7. The molecule has 0 atom stereocenters. The summed E-state index contributed by atoms with van der Waals surface area (Å²) in [4.78, 5) is 27.9. The molecule has 2 fully saturated rings. The quantitative estimate of drug-likeness (QED) is 0.299. The van der Waals surface area contributed by atoms with Crippen molar-refractivity contribution < 1.29 is 18.4 Å². The summed E-state index contributed by atoms with van der Waals surface area (Å²) in [5.41, 5.74) is 1.56. The van der Waals surface area contributed by atoms with Gasteiger partial charge in [-0.25, -0.2) is 8.78 Å². The molecule has 0 unspecified atom stereocenters. The number of benzene rings is 2. The summed E-state index contributed by atoms with van der Waals surface area (Å²) in [5.74, 6) is -0.515. The van der Waals surface area contributed by atoms with E-state index in [0.29, 0.717) is 35.3 Å². The van der Waals surface area contributed by atoms with E-state index < -0.39 is 22.7 Å². The van der Waals surface area contributed by atoms with Gasteiger partial charge < -0.3 is 10.6 Å². The summed E-state index contributed by atoms with van der Waals surface area (Å²) < 4.78 is 25.5. The molecular formula is C35H46ClF2N3O2. The first-order chi connectivity index (χ1) is 20.1. The van der Waals surface area contributed by atoms with Crippen LogP contribution in [0.15, 0.2) is 60.7 Å². The van der Waals surface area contributed by atoms with Gasteiger partial charge in [-0.15, -0.1) is 0 Å². The molecule has 5 nitrogen and oxygen atoms in total. The third kappa shape index (κ3) is 9.48. The number of nitrogens with one attached hydrogen (secondary N) is 2. The molecule has 1 aliphatic heterocycles. The Bertz CT molecular complexity index is 1340. The zero-order valence-corrected chi connectivity index (χ0v) is 27.1. The lowest BCUT2D eigenvalue weighted by molar-refractivity contribution is -0.130. The van der Waals surface area contributed by atoms with Crippen LogP contribution in [0.1, 0.15) is 84.8 Å². The van der Waals surface area contributed by atoms with Gasteiger partial charge in [-0.3, -0.25) is 14.5 Å². The van der Waals surface area contributed by atoms with E-state index in [-0.39, 0.29) is 18.2 Å². The van der Waals surface area contributed by atoms with Gasteiger partial charge in [0, 0.05) is 41.4 Å². The van der Waals surface area contributed by atoms with Crippen molar-refractivity contribution in [1.82, 2.24) is 15.5 Å². The van der Waals surface area contributed by atoms with Gasteiger partial charge in [0.05, 0.1) is 17.5 Å². The summed E-state index contributed by atoms with van der Waals surface area (Å²) in [6.45, 7) is 16.7. The molecule has 2 aliphatic rings. The molecule has 2 N–H and O–H groups in total. The Morgan fingerprint density at radius 3 is 2.30 bits per heavy atom. The zero-order chi connectivity index (χ0) is 31.9. The van der Waals surface area contributed by atoms with Crippen LogP contribution in [0.2, 0.25) is 5.02 Å². The van der Waals surface area contributed by atoms with Crippen molar-refractivity contribution >= 4 is 29.0 Å². The monoisotopic (exact) mass is 613 g/mol. The molecule has 1 saturated carbocycles. The highest BCUT2D eigenvalue weighted by molar-refractivity contribution is 6.30. The maximum Gasteiger partial charge on any atom is 0.246 e. The molecule has 2 aromatic rings. The fourth-order valence-electron chi connectivity index (χ4n) is 5.79. The Morgan fingerprint density at radius 2 is 1.74 bits per heavy atom. The number of hydrogen-bond donors (Lipinski definition) is 2. The highest BCUT2D eigenvalue weighted by atomic mass is 35.5. The molecule has 2 amide bonds. The maximum absolute atomic E-state index is 13.1. The van der Waals surface area contributed by atoms with E-state index in [1.807, 2.05) is 45.0 Å². The van der Waals surface area contributed by atoms with E-state index >= 15 is 0 Å². The number of amides is 2. The highest BCUT2D eigenvalue weighted by Crippen LogP contribution is 2.35. The minimum Gasteiger partial charge on any atom is -0.347 e. The number of carbonyl (C=O) groups excluding carboxylic acids is 2. The van der Waals surface area contributed by atoms with Gasteiger partial charge >= 0.3 is 0 Å². The minimum atomic E-state index is -0.565. The summed E-state index contributed by atoms with van der Waals surface area (Å²) in [7, 11) is 0. The standard InChI is InChI=1S/C25H36ClN3O2.C10H10F2/c1-17(2)23(31)28-25(15-29(16-25)21-11-9-18(3)10-12-21)14-22(30)27-24(4,5)19-7-6-8-20(26)13-19;1-3-7(2)9-5-4-8(11)6-10(9)12/h6-8,13,18,21H,1,9-12,14-16H2,2-5H3,(H,27,30)(H,28,31);3-6H,1-2H3/b;7-3+. The molecular weight excluding hydrogens is 568 g/mol. The van der Waals surface area contributed by atoms with Crippen LogP contribution in [0.25, 0.3) is 5.57 Å². The first-order valence-electron chi connectivity index (χ1n) is 15.0. The van der Waals surface area contributed by atoms with Crippen molar-refractivity contribution in [3.63, 3.8) is 0 Å².